The van der Waals surface area contributed by atoms with Crippen molar-refractivity contribution in [2.24, 2.45) is 0 Å². The molecule has 12 heteroatoms. The maximum absolute atomic E-state index is 11.9. The van der Waals surface area contributed by atoms with E-state index in [4.69, 9.17) is 16.3 Å². The van der Waals surface area contributed by atoms with Crippen molar-refractivity contribution in [2.75, 3.05) is 18.1 Å². The number of carbonyl (C=O) groups excluding carboxylic acids is 3. The Bertz CT molecular complexity index is 997. The zero-order valence-electron chi connectivity index (χ0n) is 17.1. The Morgan fingerprint density at radius 3 is 2.61 bits per heavy atom. The minimum atomic E-state index is -3.10. The molecule has 2 fully saturated rings. The van der Waals surface area contributed by atoms with Gasteiger partial charge in [0.2, 0.25) is 0 Å². The Morgan fingerprint density at radius 1 is 1.26 bits per heavy atom. The number of esters is 1. The summed E-state index contributed by atoms with van der Waals surface area (Å²) >= 11 is 6.33. The van der Waals surface area contributed by atoms with E-state index in [0.717, 1.165) is 31.8 Å². The second-order valence-electron chi connectivity index (χ2n) is 7.74. The number of amides is 3. The average molecular weight is 473 g/mol. The first kappa shape index (κ1) is 23.3. The molecule has 3 amide bonds. The van der Waals surface area contributed by atoms with Crippen LogP contribution in [0, 0.1) is 6.92 Å². The highest BCUT2D eigenvalue weighted by Gasteiger charge is 2.31. The van der Waals surface area contributed by atoms with Crippen LogP contribution in [0.1, 0.15) is 49.4 Å². The molecular weight excluding hydrogens is 448 g/mol. The van der Waals surface area contributed by atoms with Crippen LogP contribution in [0.15, 0.2) is 6.08 Å². The van der Waals surface area contributed by atoms with Crippen LogP contribution >= 0.6 is 11.6 Å². The third-order valence-electron chi connectivity index (χ3n) is 5.30. The number of halogens is 1. The van der Waals surface area contributed by atoms with Crippen molar-refractivity contribution < 1.29 is 27.5 Å². The van der Waals surface area contributed by atoms with Crippen LogP contribution in [0.3, 0.4) is 0 Å². The van der Waals surface area contributed by atoms with E-state index in [-0.39, 0.29) is 28.7 Å². The van der Waals surface area contributed by atoms with Gasteiger partial charge in [-0.15, -0.1) is 0 Å². The molecule has 10 nitrogen and oxygen atoms in total. The van der Waals surface area contributed by atoms with E-state index >= 15 is 0 Å². The first-order valence-corrected chi connectivity index (χ1v) is 12.2. The van der Waals surface area contributed by atoms with Crippen LogP contribution in [-0.4, -0.2) is 60.3 Å². The van der Waals surface area contributed by atoms with Crippen molar-refractivity contribution in [3.05, 3.63) is 22.5 Å². The van der Waals surface area contributed by atoms with E-state index in [1.54, 1.807) is 6.92 Å². The largest absolute Gasteiger partial charge is 0.452 e. The minimum Gasteiger partial charge on any atom is -0.452 e. The number of ether oxygens (including phenoxy) is 1. The van der Waals surface area contributed by atoms with Crippen LogP contribution in [-0.2, 0) is 24.2 Å². The van der Waals surface area contributed by atoms with E-state index in [9.17, 15) is 22.8 Å². The highest BCUT2D eigenvalue weighted by atomic mass is 35.5. The Hall–Kier alpha value is -2.40. The van der Waals surface area contributed by atoms with E-state index in [2.05, 4.69) is 15.7 Å². The molecule has 0 bridgehead atoms. The molecule has 0 unspecified atom stereocenters. The van der Waals surface area contributed by atoms with Crippen molar-refractivity contribution in [2.45, 2.75) is 51.1 Å². The molecule has 1 saturated heterocycles. The molecular formula is C19H25ClN4O6S. The first-order chi connectivity index (χ1) is 14.6. The van der Waals surface area contributed by atoms with Gasteiger partial charge in [-0.25, -0.2) is 22.7 Å². The number of nitrogens with one attached hydrogen (secondary N) is 2. The fourth-order valence-electron chi connectivity index (χ4n) is 3.72. The summed E-state index contributed by atoms with van der Waals surface area (Å²) in [6.07, 6.45) is 6.79. The first-order valence-electron chi connectivity index (χ1n) is 10.0. The van der Waals surface area contributed by atoms with Gasteiger partial charge in [-0.1, -0.05) is 24.4 Å². The molecule has 0 aromatic carbocycles. The van der Waals surface area contributed by atoms with Gasteiger partial charge in [-0.05, 0) is 32.3 Å². The number of aryl methyl sites for hydroxylation is 1. The molecule has 1 aliphatic heterocycles. The van der Waals surface area contributed by atoms with Gasteiger partial charge in [0, 0.05) is 17.7 Å². The zero-order chi connectivity index (χ0) is 22.6. The van der Waals surface area contributed by atoms with Crippen LogP contribution < -0.4 is 10.6 Å². The lowest BCUT2D eigenvalue weighted by Crippen LogP contribution is -2.44. The molecule has 2 N–H and O–H groups in total. The van der Waals surface area contributed by atoms with Crippen LogP contribution in [0.4, 0.5) is 4.79 Å². The molecule has 3 rings (SSSR count). The summed E-state index contributed by atoms with van der Waals surface area (Å²) < 4.78 is 29.7. The molecule has 0 spiro atoms. The standard InChI is InChI=1S/C19H25ClN4O6S/c1-12-15(18(20)24(23-12)14-8-9-31(28,29)11-14)6-7-17(26)30-10-16(25)22-19(27)21-13-4-2-3-5-13/h6-7,13-14H,2-5,8-11H2,1H3,(H2,21,22,25,27)/b7-6+/t14-/m0/s1. The van der Waals surface area contributed by atoms with Gasteiger partial charge in [0.05, 0.1) is 23.2 Å². The van der Waals surface area contributed by atoms with Crippen molar-refractivity contribution >= 4 is 45.4 Å². The molecule has 0 radical (unpaired) electrons. The fraction of sp³-hybridized carbons (Fsp3) is 0.579. The van der Waals surface area contributed by atoms with Crippen molar-refractivity contribution in [1.29, 1.82) is 0 Å². The summed E-state index contributed by atoms with van der Waals surface area (Å²) in [6, 6.07) is -0.881. The highest BCUT2D eigenvalue weighted by molar-refractivity contribution is 7.91. The maximum Gasteiger partial charge on any atom is 0.331 e. The average Bonchev–Trinajstić information content (AvgIpc) is 3.39. The topological polar surface area (TPSA) is 136 Å². The van der Waals surface area contributed by atoms with Crippen molar-refractivity contribution in [3.8, 4) is 0 Å². The Morgan fingerprint density at radius 2 is 1.97 bits per heavy atom. The summed E-state index contributed by atoms with van der Waals surface area (Å²) in [5.41, 5.74) is 0.989. The summed E-state index contributed by atoms with van der Waals surface area (Å²) in [6.45, 7) is 1.08. The lowest BCUT2D eigenvalue weighted by molar-refractivity contribution is -0.143. The second-order valence-corrected chi connectivity index (χ2v) is 10.3. The Labute approximate surface area is 185 Å². The lowest BCUT2D eigenvalue weighted by atomic mass is 10.2. The minimum absolute atomic E-state index is 0.0253. The molecule has 1 saturated carbocycles. The summed E-state index contributed by atoms with van der Waals surface area (Å²) in [4.78, 5) is 35.4. The molecule has 1 aromatic heterocycles. The van der Waals surface area contributed by atoms with Crippen LogP contribution in [0.25, 0.3) is 6.08 Å². The van der Waals surface area contributed by atoms with E-state index in [0.29, 0.717) is 17.7 Å². The number of hydrogen-bond acceptors (Lipinski definition) is 7. The van der Waals surface area contributed by atoms with Gasteiger partial charge in [0.15, 0.2) is 16.4 Å². The molecule has 1 atom stereocenters. The van der Waals surface area contributed by atoms with Crippen LogP contribution in [0.5, 0.6) is 0 Å². The third-order valence-corrected chi connectivity index (χ3v) is 7.43. The van der Waals surface area contributed by atoms with E-state index in [1.165, 1.54) is 10.8 Å². The smallest absolute Gasteiger partial charge is 0.331 e. The van der Waals surface area contributed by atoms with Crippen molar-refractivity contribution in [1.82, 2.24) is 20.4 Å². The lowest BCUT2D eigenvalue weighted by Gasteiger charge is -2.12. The molecule has 31 heavy (non-hydrogen) atoms. The molecule has 2 heterocycles. The number of hydrogen-bond donors (Lipinski definition) is 2. The molecule has 170 valence electrons. The third kappa shape index (κ3) is 6.30. The quantitative estimate of drug-likeness (QED) is 0.473. The van der Waals surface area contributed by atoms with E-state index < -0.39 is 34.4 Å². The molecule has 1 aliphatic carbocycles. The zero-order valence-corrected chi connectivity index (χ0v) is 18.7. The fourth-order valence-corrected chi connectivity index (χ4v) is 5.79. The summed E-state index contributed by atoms with van der Waals surface area (Å²) in [7, 11) is -3.10. The summed E-state index contributed by atoms with van der Waals surface area (Å²) in [5.74, 6) is -1.46. The van der Waals surface area contributed by atoms with Gasteiger partial charge < -0.3 is 10.1 Å². The molecule has 2 aliphatic rings. The van der Waals surface area contributed by atoms with Gasteiger partial charge >= 0.3 is 12.0 Å². The van der Waals surface area contributed by atoms with Crippen molar-refractivity contribution in [3.63, 3.8) is 0 Å². The Kier molecular flexibility index (Phi) is 7.37. The Balaban J connectivity index is 1.49. The number of rotatable bonds is 6. The number of sulfone groups is 1. The second kappa shape index (κ2) is 9.82. The maximum atomic E-state index is 11.9. The number of imide groups is 1. The van der Waals surface area contributed by atoms with Crippen LogP contribution in [0.2, 0.25) is 5.15 Å². The highest BCUT2D eigenvalue weighted by Crippen LogP contribution is 2.30. The van der Waals surface area contributed by atoms with Gasteiger partial charge in [0.25, 0.3) is 5.91 Å². The number of urea groups is 1. The summed E-state index contributed by atoms with van der Waals surface area (Å²) in [5, 5.41) is 9.34. The van der Waals surface area contributed by atoms with Gasteiger partial charge in [-0.2, -0.15) is 5.10 Å². The number of nitrogens with zero attached hydrogens (tertiary/aromatic N) is 2. The van der Waals surface area contributed by atoms with Gasteiger partial charge in [0.1, 0.15) is 5.15 Å². The number of aromatic nitrogens is 2. The monoisotopic (exact) mass is 472 g/mol. The predicted molar refractivity (Wildman–Crippen MR) is 113 cm³/mol. The molecule has 1 aromatic rings. The SMILES string of the molecule is Cc1nn([C@H]2CCS(=O)(=O)C2)c(Cl)c1/C=C/C(=O)OCC(=O)NC(=O)NC1CCCC1. The number of carbonyl (C=O) groups is 3. The normalized spacial score (nSPS) is 20.8. The van der Waals surface area contributed by atoms with E-state index in [1.807, 2.05) is 0 Å². The van der Waals surface area contributed by atoms with Gasteiger partial charge in [-0.3, -0.25) is 10.1 Å². The predicted octanol–water partition coefficient (Wildman–Crippen LogP) is 1.53.